The summed E-state index contributed by atoms with van der Waals surface area (Å²) in [5, 5.41) is 4.70. The minimum atomic E-state index is -4.06. The van der Waals surface area contributed by atoms with E-state index in [2.05, 4.69) is 20.8 Å². The van der Waals surface area contributed by atoms with Crippen molar-refractivity contribution in [3.63, 3.8) is 0 Å². The molecule has 0 aliphatic carbocycles. The lowest BCUT2D eigenvalue weighted by atomic mass is 9.87. The molecule has 170 valence electrons. The van der Waals surface area contributed by atoms with Gasteiger partial charge in [0.05, 0.1) is 11.4 Å². The van der Waals surface area contributed by atoms with Gasteiger partial charge in [0, 0.05) is 11.6 Å². The van der Waals surface area contributed by atoms with Crippen molar-refractivity contribution in [2.24, 2.45) is 0 Å². The van der Waals surface area contributed by atoms with Gasteiger partial charge >= 0.3 is 10.1 Å². The summed E-state index contributed by atoms with van der Waals surface area (Å²) in [6.07, 6.45) is 0. The zero-order chi connectivity index (χ0) is 23.8. The number of nitrogens with zero attached hydrogens (tertiary/aromatic N) is 2. The van der Waals surface area contributed by atoms with Crippen LogP contribution in [0.3, 0.4) is 0 Å². The summed E-state index contributed by atoms with van der Waals surface area (Å²) in [6.45, 7) is 10.2. The molecule has 0 bridgehead atoms. The summed E-state index contributed by atoms with van der Waals surface area (Å²) < 4.78 is 33.6. The normalized spacial score (nSPS) is 12.0. The Kier molecular flexibility index (Phi) is 5.89. The van der Waals surface area contributed by atoms with Crippen LogP contribution in [0.2, 0.25) is 0 Å². The first kappa shape index (κ1) is 22.8. The molecule has 6 heteroatoms. The predicted molar refractivity (Wildman–Crippen MR) is 131 cm³/mol. The van der Waals surface area contributed by atoms with E-state index in [9.17, 15) is 8.42 Å². The van der Waals surface area contributed by atoms with Crippen LogP contribution in [0.4, 0.5) is 0 Å². The zero-order valence-corrected chi connectivity index (χ0v) is 20.3. The summed E-state index contributed by atoms with van der Waals surface area (Å²) in [7, 11) is -4.06. The van der Waals surface area contributed by atoms with E-state index in [0.717, 1.165) is 27.9 Å². The Hall–Kier alpha value is -3.38. The van der Waals surface area contributed by atoms with Gasteiger partial charge in [-0.1, -0.05) is 75.4 Å². The molecule has 5 nitrogen and oxygen atoms in total. The number of benzene rings is 3. The van der Waals surface area contributed by atoms with Gasteiger partial charge in [-0.05, 0) is 54.2 Å². The topological polar surface area (TPSA) is 61.2 Å². The van der Waals surface area contributed by atoms with Gasteiger partial charge in [0.25, 0.3) is 0 Å². The third-order valence-electron chi connectivity index (χ3n) is 5.75. The second-order valence-corrected chi connectivity index (χ2v) is 10.7. The Labute approximate surface area is 195 Å². The zero-order valence-electron chi connectivity index (χ0n) is 19.5. The highest BCUT2D eigenvalue weighted by atomic mass is 32.2. The summed E-state index contributed by atoms with van der Waals surface area (Å²) in [6, 6.07) is 24.0. The van der Waals surface area contributed by atoms with Crippen LogP contribution < -0.4 is 4.18 Å². The van der Waals surface area contributed by atoms with Gasteiger partial charge in [-0.3, -0.25) is 0 Å². The molecule has 4 rings (SSSR count). The fourth-order valence-corrected chi connectivity index (χ4v) is 4.50. The van der Waals surface area contributed by atoms with Gasteiger partial charge < -0.3 is 4.18 Å². The maximum atomic E-state index is 13.2. The van der Waals surface area contributed by atoms with Crippen molar-refractivity contribution in [1.82, 2.24) is 9.78 Å². The van der Waals surface area contributed by atoms with Crippen LogP contribution in [0.15, 0.2) is 83.8 Å². The van der Waals surface area contributed by atoms with Crippen molar-refractivity contribution in [1.29, 1.82) is 0 Å². The number of hydrogen-bond acceptors (Lipinski definition) is 4. The molecule has 0 unspecified atom stereocenters. The van der Waals surface area contributed by atoms with Crippen LogP contribution in [0.1, 0.15) is 37.5 Å². The SMILES string of the molecule is Cc1cccc(-n2nc(-c3ccccc3)cc2OS(=O)(=O)c2ccc(C(C)(C)C)cc2)c1C. The highest BCUT2D eigenvalue weighted by Crippen LogP contribution is 2.31. The van der Waals surface area contributed by atoms with Crippen molar-refractivity contribution < 1.29 is 12.6 Å². The van der Waals surface area contributed by atoms with E-state index in [1.807, 2.05) is 74.5 Å². The first-order chi connectivity index (χ1) is 15.6. The van der Waals surface area contributed by atoms with Gasteiger partial charge in [-0.15, -0.1) is 0 Å². The number of rotatable bonds is 5. The molecule has 0 fully saturated rings. The van der Waals surface area contributed by atoms with E-state index in [-0.39, 0.29) is 16.2 Å². The predicted octanol–water partition coefficient (Wildman–Crippen LogP) is 6.22. The van der Waals surface area contributed by atoms with Crippen LogP contribution in [-0.2, 0) is 15.5 Å². The maximum Gasteiger partial charge on any atom is 0.340 e. The Morgan fingerprint density at radius 3 is 2.15 bits per heavy atom. The summed E-state index contributed by atoms with van der Waals surface area (Å²) >= 11 is 0. The van der Waals surface area contributed by atoms with E-state index in [1.165, 1.54) is 0 Å². The van der Waals surface area contributed by atoms with Crippen LogP contribution in [0, 0.1) is 13.8 Å². The quantitative estimate of drug-likeness (QED) is 0.332. The van der Waals surface area contributed by atoms with Gasteiger partial charge in [-0.25, -0.2) is 0 Å². The molecule has 0 aliphatic rings. The molecule has 0 atom stereocenters. The van der Waals surface area contributed by atoms with Gasteiger partial charge in [-0.2, -0.15) is 18.2 Å². The molecule has 1 aromatic heterocycles. The van der Waals surface area contributed by atoms with E-state index in [1.54, 1.807) is 22.9 Å². The van der Waals surface area contributed by atoms with Gasteiger partial charge in [0.2, 0.25) is 5.88 Å². The van der Waals surface area contributed by atoms with Crippen LogP contribution in [0.5, 0.6) is 5.88 Å². The fourth-order valence-electron chi connectivity index (χ4n) is 3.59. The minimum absolute atomic E-state index is 0.0744. The average Bonchev–Trinajstić information content (AvgIpc) is 3.18. The molecule has 0 radical (unpaired) electrons. The third-order valence-corrected chi connectivity index (χ3v) is 6.99. The molecule has 1 heterocycles. The fraction of sp³-hybridized carbons (Fsp3) is 0.222. The lowest BCUT2D eigenvalue weighted by Crippen LogP contribution is -2.15. The van der Waals surface area contributed by atoms with E-state index >= 15 is 0 Å². The Balaban J connectivity index is 1.79. The molecule has 0 N–H and O–H groups in total. The smallest absolute Gasteiger partial charge is 0.340 e. The second kappa shape index (κ2) is 8.52. The summed E-state index contributed by atoms with van der Waals surface area (Å²) in [5.74, 6) is 0.141. The Morgan fingerprint density at radius 2 is 1.52 bits per heavy atom. The number of aryl methyl sites for hydroxylation is 1. The Morgan fingerprint density at radius 1 is 0.848 bits per heavy atom. The molecule has 0 amide bonds. The molecule has 3 aromatic carbocycles. The summed E-state index contributed by atoms with van der Waals surface area (Å²) in [4.78, 5) is 0.102. The van der Waals surface area contributed by atoms with E-state index < -0.39 is 10.1 Å². The third kappa shape index (κ3) is 4.71. The number of hydrogen-bond donors (Lipinski definition) is 0. The molecule has 4 aromatic rings. The molecule has 0 saturated heterocycles. The standard InChI is InChI=1S/C27H28N2O3S/c1-19-10-9-13-25(20(19)2)29-26(18-24(28-29)21-11-7-6-8-12-21)32-33(30,31)23-16-14-22(15-17-23)27(3,4)5/h6-18H,1-5H3. The van der Waals surface area contributed by atoms with E-state index in [0.29, 0.717) is 5.69 Å². The molecule has 0 spiro atoms. The van der Waals surface area contributed by atoms with Crippen LogP contribution in [0.25, 0.3) is 16.9 Å². The first-order valence-electron chi connectivity index (χ1n) is 10.8. The Bertz CT molecular complexity index is 1380. The average molecular weight is 461 g/mol. The van der Waals surface area contributed by atoms with Gasteiger partial charge in [0.1, 0.15) is 4.90 Å². The molecule has 33 heavy (non-hydrogen) atoms. The van der Waals surface area contributed by atoms with Gasteiger partial charge in [0.15, 0.2) is 0 Å². The lowest BCUT2D eigenvalue weighted by Gasteiger charge is -2.19. The number of aromatic nitrogens is 2. The van der Waals surface area contributed by atoms with Crippen LogP contribution >= 0.6 is 0 Å². The largest absolute Gasteiger partial charge is 0.358 e. The molecule has 0 saturated carbocycles. The minimum Gasteiger partial charge on any atom is -0.358 e. The van der Waals surface area contributed by atoms with Crippen molar-refractivity contribution in [3.05, 3.63) is 95.6 Å². The lowest BCUT2D eigenvalue weighted by molar-refractivity contribution is 0.464. The van der Waals surface area contributed by atoms with Crippen LogP contribution in [-0.4, -0.2) is 18.2 Å². The van der Waals surface area contributed by atoms with Crippen molar-refractivity contribution in [2.75, 3.05) is 0 Å². The molecule has 0 aliphatic heterocycles. The molecular weight excluding hydrogens is 432 g/mol. The highest BCUT2D eigenvalue weighted by molar-refractivity contribution is 7.87. The first-order valence-corrected chi connectivity index (χ1v) is 12.2. The van der Waals surface area contributed by atoms with Crippen molar-refractivity contribution >= 4 is 10.1 Å². The second-order valence-electron chi connectivity index (χ2n) is 9.18. The summed E-state index contributed by atoms with van der Waals surface area (Å²) in [5.41, 5.74) is 5.32. The monoisotopic (exact) mass is 460 g/mol. The maximum absolute atomic E-state index is 13.2. The van der Waals surface area contributed by atoms with Crippen molar-refractivity contribution in [3.8, 4) is 22.8 Å². The van der Waals surface area contributed by atoms with Crippen molar-refractivity contribution in [2.45, 2.75) is 44.9 Å². The molecular formula is C27H28N2O3S. The van der Waals surface area contributed by atoms with E-state index in [4.69, 9.17) is 9.28 Å². The highest BCUT2D eigenvalue weighted by Gasteiger charge is 2.23.